The third-order valence-electron chi connectivity index (χ3n) is 3.67. The molecule has 2 unspecified atom stereocenters. The Morgan fingerprint density at radius 3 is 3.00 bits per heavy atom. The second kappa shape index (κ2) is 4.78. The maximum absolute atomic E-state index is 11.6. The van der Waals surface area contributed by atoms with E-state index in [4.69, 9.17) is 4.74 Å². The molecule has 92 valence electrons. The molecule has 0 aromatic heterocycles. The van der Waals surface area contributed by atoms with Crippen LogP contribution in [0.5, 0.6) is 5.75 Å². The van der Waals surface area contributed by atoms with Crippen LogP contribution in [-0.2, 0) is 16.0 Å². The largest absolute Gasteiger partial charge is 0.508 e. The molecule has 0 saturated heterocycles. The Morgan fingerprint density at radius 2 is 2.29 bits per heavy atom. The van der Waals surface area contributed by atoms with Gasteiger partial charge < -0.3 is 9.84 Å². The zero-order chi connectivity index (χ0) is 12.4. The first kappa shape index (κ1) is 12.0. The van der Waals surface area contributed by atoms with Crippen LogP contribution in [0.25, 0.3) is 0 Å². The number of esters is 1. The number of phenolic OH excluding ortho intramolecular Hbond substituents is 1. The number of carbonyl (C=O) groups is 1. The molecule has 1 aromatic carbocycles. The van der Waals surface area contributed by atoms with Gasteiger partial charge in [-0.15, -0.1) is 0 Å². The number of aryl methyl sites for hydroxylation is 1. The maximum atomic E-state index is 11.6. The van der Waals surface area contributed by atoms with Gasteiger partial charge in [-0.1, -0.05) is 13.0 Å². The minimum atomic E-state index is -0.175. The highest BCUT2D eigenvalue weighted by Gasteiger charge is 2.30. The smallest absolute Gasteiger partial charge is 0.308 e. The number of ether oxygens (including phenoxy) is 1. The Bertz CT molecular complexity index is 425. The summed E-state index contributed by atoms with van der Waals surface area (Å²) in [4.78, 5) is 11.6. The fourth-order valence-corrected chi connectivity index (χ4v) is 2.69. The van der Waals surface area contributed by atoms with Crippen molar-refractivity contribution in [1.29, 1.82) is 0 Å². The van der Waals surface area contributed by atoms with Crippen molar-refractivity contribution in [1.82, 2.24) is 0 Å². The molecule has 0 saturated carbocycles. The number of hydrogen-bond donors (Lipinski definition) is 1. The summed E-state index contributed by atoms with van der Waals surface area (Å²) < 4.78 is 4.81. The molecule has 0 spiro atoms. The van der Waals surface area contributed by atoms with Gasteiger partial charge in [0.15, 0.2) is 0 Å². The first-order valence-electron chi connectivity index (χ1n) is 6.03. The lowest BCUT2D eigenvalue weighted by Crippen LogP contribution is -2.24. The van der Waals surface area contributed by atoms with Gasteiger partial charge in [-0.25, -0.2) is 0 Å². The quantitative estimate of drug-likeness (QED) is 0.800. The minimum absolute atomic E-state index is 0.152. The van der Waals surface area contributed by atoms with Crippen LogP contribution in [-0.4, -0.2) is 18.2 Å². The van der Waals surface area contributed by atoms with Gasteiger partial charge in [-0.2, -0.15) is 0 Å². The van der Waals surface area contributed by atoms with Crippen molar-refractivity contribution in [3.05, 3.63) is 29.3 Å². The Labute approximate surface area is 101 Å². The molecule has 0 amide bonds. The number of phenols is 1. The summed E-state index contributed by atoms with van der Waals surface area (Å²) in [6.07, 6.45) is 3.09. The Hall–Kier alpha value is -1.51. The first-order chi connectivity index (χ1) is 8.13. The van der Waals surface area contributed by atoms with Crippen LogP contribution < -0.4 is 0 Å². The van der Waals surface area contributed by atoms with Crippen LogP contribution in [0.15, 0.2) is 18.2 Å². The SMILES string of the molecule is COC(=O)C(C)C1CCCc2ccc(O)cc21. The standard InChI is InChI=1S/C14H18O3/c1-9(14(16)17-2)12-5-3-4-10-6-7-11(15)8-13(10)12/h6-9,12,15H,3-5H2,1-2H3. The van der Waals surface area contributed by atoms with Gasteiger partial charge in [0.25, 0.3) is 0 Å². The lowest BCUT2D eigenvalue weighted by Gasteiger charge is -2.29. The predicted octanol–water partition coefficient (Wildman–Crippen LogP) is 2.62. The van der Waals surface area contributed by atoms with Gasteiger partial charge in [0.2, 0.25) is 0 Å². The molecule has 2 rings (SSSR count). The van der Waals surface area contributed by atoms with E-state index in [-0.39, 0.29) is 23.6 Å². The molecule has 0 fully saturated rings. The monoisotopic (exact) mass is 234 g/mol. The lowest BCUT2D eigenvalue weighted by molar-refractivity contribution is -0.145. The van der Waals surface area contributed by atoms with Gasteiger partial charge in [0.05, 0.1) is 13.0 Å². The molecule has 1 aliphatic carbocycles. The van der Waals surface area contributed by atoms with Crippen LogP contribution >= 0.6 is 0 Å². The van der Waals surface area contributed by atoms with Crippen LogP contribution in [0.1, 0.15) is 36.8 Å². The van der Waals surface area contributed by atoms with Gasteiger partial charge in [-0.05, 0) is 48.4 Å². The third kappa shape index (κ3) is 2.28. The summed E-state index contributed by atoms with van der Waals surface area (Å²) in [7, 11) is 1.42. The zero-order valence-electron chi connectivity index (χ0n) is 10.3. The van der Waals surface area contributed by atoms with Gasteiger partial charge in [0.1, 0.15) is 5.75 Å². The normalized spacial score (nSPS) is 20.5. The van der Waals surface area contributed by atoms with Crippen molar-refractivity contribution in [2.45, 2.75) is 32.1 Å². The molecular weight excluding hydrogens is 216 g/mol. The molecular formula is C14H18O3. The Balaban J connectivity index is 2.33. The molecule has 0 bridgehead atoms. The number of carbonyl (C=O) groups excluding carboxylic acids is 1. The van der Waals surface area contributed by atoms with E-state index in [0.29, 0.717) is 0 Å². The number of hydrogen-bond acceptors (Lipinski definition) is 3. The van der Waals surface area contributed by atoms with Crippen LogP contribution in [0.2, 0.25) is 0 Å². The summed E-state index contributed by atoms with van der Waals surface area (Å²) >= 11 is 0. The molecule has 0 heterocycles. The number of fused-ring (bicyclic) bond motifs is 1. The molecule has 0 radical (unpaired) electrons. The van der Waals surface area contributed by atoms with E-state index in [1.165, 1.54) is 12.7 Å². The highest BCUT2D eigenvalue weighted by Crippen LogP contribution is 2.38. The second-order valence-corrected chi connectivity index (χ2v) is 4.69. The van der Waals surface area contributed by atoms with Gasteiger partial charge >= 0.3 is 5.97 Å². The van der Waals surface area contributed by atoms with Gasteiger partial charge in [-0.3, -0.25) is 4.79 Å². The molecule has 3 heteroatoms. The Morgan fingerprint density at radius 1 is 1.53 bits per heavy atom. The fraction of sp³-hybridized carbons (Fsp3) is 0.500. The highest BCUT2D eigenvalue weighted by atomic mass is 16.5. The van der Waals surface area contributed by atoms with E-state index >= 15 is 0 Å². The zero-order valence-corrected chi connectivity index (χ0v) is 10.3. The van der Waals surface area contributed by atoms with E-state index in [0.717, 1.165) is 24.8 Å². The molecule has 1 aromatic rings. The average Bonchev–Trinajstić information content (AvgIpc) is 2.36. The summed E-state index contributed by atoms with van der Waals surface area (Å²) in [5.41, 5.74) is 2.35. The molecule has 1 N–H and O–H groups in total. The third-order valence-corrected chi connectivity index (χ3v) is 3.67. The Kier molecular flexibility index (Phi) is 3.36. The topological polar surface area (TPSA) is 46.5 Å². The number of aromatic hydroxyl groups is 1. The van der Waals surface area contributed by atoms with Gasteiger partial charge in [0, 0.05) is 0 Å². The van der Waals surface area contributed by atoms with Crippen molar-refractivity contribution >= 4 is 5.97 Å². The molecule has 2 atom stereocenters. The van der Waals surface area contributed by atoms with Crippen molar-refractivity contribution in [2.24, 2.45) is 5.92 Å². The number of benzene rings is 1. The second-order valence-electron chi connectivity index (χ2n) is 4.69. The first-order valence-corrected chi connectivity index (χ1v) is 6.03. The maximum Gasteiger partial charge on any atom is 0.308 e. The fourth-order valence-electron chi connectivity index (χ4n) is 2.69. The molecule has 1 aliphatic rings. The van der Waals surface area contributed by atoms with E-state index in [2.05, 4.69) is 0 Å². The van der Waals surface area contributed by atoms with Crippen molar-refractivity contribution < 1.29 is 14.6 Å². The van der Waals surface area contributed by atoms with Crippen molar-refractivity contribution in [3.8, 4) is 5.75 Å². The molecule has 17 heavy (non-hydrogen) atoms. The van der Waals surface area contributed by atoms with Crippen LogP contribution in [0, 0.1) is 5.92 Å². The average molecular weight is 234 g/mol. The number of methoxy groups -OCH3 is 1. The van der Waals surface area contributed by atoms with Crippen molar-refractivity contribution in [3.63, 3.8) is 0 Å². The number of rotatable bonds is 2. The van der Waals surface area contributed by atoms with E-state index in [9.17, 15) is 9.90 Å². The van der Waals surface area contributed by atoms with E-state index < -0.39 is 0 Å². The lowest BCUT2D eigenvalue weighted by atomic mass is 9.76. The van der Waals surface area contributed by atoms with E-state index in [1.54, 1.807) is 12.1 Å². The van der Waals surface area contributed by atoms with Crippen LogP contribution in [0.3, 0.4) is 0 Å². The molecule has 3 nitrogen and oxygen atoms in total. The van der Waals surface area contributed by atoms with E-state index in [1.807, 2.05) is 13.0 Å². The minimum Gasteiger partial charge on any atom is -0.508 e. The predicted molar refractivity (Wildman–Crippen MR) is 65.0 cm³/mol. The summed E-state index contributed by atoms with van der Waals surface area (Å²) in [6.45, 7) is 1.90. The van der Waals surface area contributed by atoms with Crippen LogP contribution in [0.4, 0.5) is 0 Å². The summed E-state index contributed by atoms with van der Waals surface area (Å²) in [6, 6.07) is 5.46. The van der Waals surface area contributed by atoms with Crippen molar-refractivity contribution in [2.75, 3.05) is 7.11 Å². The summed E-state index contributed by atoms with van der Waals surface area (Å²) in [5.74, 6) is 0.109. The summed E-state index contributed by atoms with van der Waals surface area (Å²) in [5, 5.41) is 9.57. The molecule has 0 aliphatic heterocycles. The highest BCUT2D eigenvalue weighted by molar-refractivity contribution is 5.73.